The summed E-state index contributed by atoms with van der Waals surface area (Å²) in [5.74, 6) is -3.14. The summed E-state index contributed by atoms with van der Waals surface area (Å²) in [6.45, 7) is 2.49. The van der Waals surface area contributed by atoms with Crippen LogP contribution in [0.1, 0.15) is 36.5 Å². The van der Waals surface area contributed by atoms with Crippen LogP contribution in [0.5, 0.6) is 0 Å². The quantitative estimate of drug-likeness (QED) is 0.477. The summed E-state index contributed by atoms with van der Waals surface area (Å²) in [6.07, 6.45) is 0.786. The molecule has 1 fully saturated rings. The van der Waals surface area contributed by atoms with Crippen molar-refractivity contribution in [1.82, 2.24) is 4.90 Å². The van der Waals surface area contributed by atoms with Crippen molar-refractivity contribution in [2.24, 2.45) is 11.0 Å². The van der Waals surface area contributed by atoms with Gasteiger partial charge in [-0.2, -0.15) is 5.10 Å². The maximum atomic E-state index is 14.0. The number of carbonyl (C=O) groups is 3. The first-order valence-electron chi connectivity index (χ1n) is 11.3. The standard InChI is InChI=1S/C25H25F2N3O4/c1-2-34-25(33)21-15-22(30(28-21)18-6-4-3-5-7-18)24(32)29-12-10-16(11-13-29)23(31)19-14-17(26)8-9-20(19)27/h3-9,14,16,22H,2,10-13,15H2,1H3. The van der Waals surface area contributed by atoms with Gasteiger partial charge < -0.3 is 9.64 Å². The molecule has 0 radical (unpaired) electrons. The molecular formula is C25H25F2N3O4. The monoisotopic (exact) mass is 469 g/mol. The van der Waals surface area contributed by atoms with E-state index in [9.17, 15) is 23.2 Å². The summed E-state index contributed by atoms with van der Waals surface area (Å²) >= 11 is 0. The van der Waals surface area contributed by atoms with E-state index in [-0.39, 0.29) is 30.2 Å². The van der Waals surface area contributed by atoms with Gasteiger partial charge in [-0.05, 0) is 50.1 Å². The zero-order valence-electron chi connectivity index (χ0n) is 18.7. The minimum atomic E-state index is -0.752. The molecule has 2 aliphatic rings. The molecule has 2 aliphatic heterocycles. The fraction of sp³-hybridized carbons (Fsp3) is 0.360. The zero-order valence-corrected chi connectivity index (χ0v) is 18.7. The van der Waals surface area contributed by atoms with Crippen LogP contribution in [0.2, 0.25) is 0 Å². The summed E-state index contributed by atoms with van der Waals surface area (Å²) in [7, 11) is 0. The van der Waals surface area contributed by atoms with Gasteiger partial charge in [0.1, 0.15) is 23.4 Å². The Bertz CT molecular complexity index is 1110. The number of benzene rings is 2. The van der Waals surface area contributed by atoms with E-state index < -0.39 is 35.3 Å². The fourth-order valence-electron chi connectivity index (χ4n) is 4.34. The van der Waals surface area contributed by atoms with Gasteiger partial charge in [0, 0.05) is 25.4 Å². The number of hydrazone groups is 1. The van der Waals surface area contributed by atoms with Crippen LogP contribution in [0.4, 0.5) is 14.5 Å². The second kappa shape index (κ2) is 10.1. The third kappa shape index (κ3) is 4.83. The van der Waals surface area contributed by atoms with Crippen molar-refractivity contribution in [2.75, 3.05) is 24.7 Å². The van der Waals surface area contributed by atoms with Crippen molar-refractivity contribution in [2.45, 2.75) is 32.2 Å². The van der Waals surface area contributed by atoms with Gasteiger partial charge in [0.2, 0.25) is 5.91 Å². The predicted octanol–water partition coefficient (Wildman–Crippen LogP) is 3.58. The molecule has 2 aromatic carbocycles. The molecule has 4 rings (SSSR count). The van der Waals surface area contributed by atoms with Crippen LogP contribution >= 0.6 is 0 Å². The van der Waals surface area contributed by atoms with Gasteiger partial charge in [0.15, 0.2) is 5.78 Å². The van der Waals surface area contributed by atoms with Crippen molar-refractivity contribution >= 4 is 29.1 Å². The smallest absolute Gasteiger partial charge is 0.354 e. The molecule has 1 saturated heterocycles. The first-order chi connectivity index (χ1) is 16.4. The van der Waals surface area contributed by atoms with Crippen molar-refractivity contribution in [1.29, 1.82) is 0 Å². The van der Waals surface area contributed by atoms with Crippen molar-refractivity contribution < 1.29 is 27.9 Å². The molecule has 1 amide bonds. The summed E-state index contributed by atoms with van der Waals surface area (Å²) in [5, 5.41) is 5.91. The number of para-hydroxylation sites is 1. The largest absolute Gasteiger partial charge is 0.461 e. The number of nitrogens with zero attached hydrogens (tertiary/aromatic N) is 3. The Labute approximate surface area is 196 Å². The number of carbonyl (C=O) groups excluding carboxylic acids is 3. The van der Waals surface area contributed by atoms with Crippen LogP contribution in [0.3, 0.4) is 0 Å². The topological polar surface area (TPSA) is 79.3 Å². The number of amides is 1. The van der Waals surface area contributed by atoms with E-state index in [2.05, 4.69) is 5.10 Å². The number of ketones is 1. The molecule has 2 aromatic rings. The molecule has 9 heteroatoms. The molecule has 0 spiro atoms. The van der Waals surface area contributed by atoms with E-state index in [1.807, 2.05) is 18.2 Å². The van der Waals surface area contributed by atoms with Gasteiger partial charge in [-0.1, -0.05) is 18.2 Å². The van der Waals surface area contributed by atoms with Gasteiger partial charge in [0.05, 0.1) is 17.9 Å². The number of hydrogen-bond acceptors (Lipinski definition) is 6. The molecule has 2 heterocycles. The Morgan fingerprint density at radius 3 is 2.44 bits per heavy atom. The number of hydrogen-bond donors (Lipinski definition) is 0. The van der Waals surface area contributed by atoms with Gasteiger partial charge in [-0.15, -0.1) is 0 Å². The summed E-state index contributed by atoms with van der Waals surface area (Å²) in [4.78, 5) is 40.1. The summed E-state index contributed by atoms with van der Waals surface area (Å²) < 4.78 is 32.6. The van der Waals surface area contributed by atoms with Crippen molar-refractivity contribution in [3.05, 3.63) is 65.7 Å². The van der Waals surface area contributed by atoms with Gasteiger partial charge in [-0.3, -0.25) is 14.6 Å². The van der Waals surface area contributed by atoms with E-state index in [1.54, 1.807) is 24.0 Å². The second-order valence-electron chi connectivity index (χ2n) is 8.26. The normalized spacial score (nSPS) is 18.6. The minimum Gasteiger partial charge on any atom is -0.461 e. The highest BCUT2D eigenvalue weighted by atomic mass is 19.1. The Balaban J connectivity index is 1.46. The number of rotatable bonds is 6. The number of ether oxygens (including phenoxy) is 1. The first-order valence-corrected chi connectivity index (χ1v) is 11.3. The molecule has 34 heavy (non-hydrogen) atoms. The maximum Gasteiger partial charge on any atom is 0.354 e. The Hall–Kier alpha value is -3.62. The van der Waals surface area contributed by atoms with Crippen LogP contribution in [0.25, 0.3) is 0 Å². The lowest BCUT2D eigenvalue weighted by Gasteiger charge is -2.34. The van der Waals surface area contributed by atoms with Gasteiger partial charge >= 0.3 is 5.97 Å². The number of esters is 1. The number of halogens is 2. The molecule has 0 aliphatic carbocycles. The van der Waals surface area contributed by atoms with Crippen LogP contribution < -0.4 is 5.01 Å². The Morgan fingerprint density at radius 1 is 1.06 bits per heavy atom. The molecule has 1 unspecified atom stereocenters. The molecular weight excluding hydrogens is 444 g/mol. The molecule has 1 atom stereocenters. The van der Waals surface area contributed by atoms with E-state index in [0.29, 0.717) is 31.6 Å². The highest BCUT2D eigenvalue weighted by Crippen LogP contribution is 2.29. The average Bonchev–Trinajstić information content (AvgIpc) is 3.31. The lowest BCUT2D eigenvalue weighted by atomic mass is 9.88. The van der Waals surface area contributed by atoms with Gasteiger partial charge in [0.25, 0.3) is 0 Å². The number of Topliss-reactive ketones (excluding diaryl/α,β-unsaturated/α-hetero) is 1. The van der Waals surface area contributed by atoms with Crippen molar-refractivity contribution in [3.63, 3.8) is 0 Å². The molecule has 178 valence electrons. The highest BCUT2D eigenvalue weighted by Gasteiger charge is 2.40. The SMILES string of the molecule is CCOC(=O)C1=NN(c2ccccc2)C(C(=O)N2CCC(C(=O)c3cc(F)ccc3F)CC2)C1. The molecule has 0 bridgehead atoms. The third-order valence-electron chi connectivity index (χ3n) is 6.10. The summed E-state index contributed by atoms with van der Waals surface area (Å²) in [5.41, 5.74) is 0.589. The zero-order chi connectivity index (χ0) is 24.2. The first kappa shape index (κ1) is 23.5. The number of piperidine rings is 1. The van der Waals surface area contributed by atoms with Crippen LogP contribution in [-0.4, -0.2) is 54.0 Å². The Morgan fingerprint density at radius 2 is 1.76 bits per heavy atom. The fourth-order valence-corrected chi connectivity index (χ4v) is 4.34. The highest BCUT2D eigenvalue weighted by molar-refractivity contribution is 6.38. The summed E-state index contributed by atoms with van der Waals surface area (Å²) in [6, 6.07) is 11.2. The lowest BCUT2D eigenvalue weighted by Crippen LogP contribution is -2.49. The van der Waals surface area contributed by atoms with E-state index >= 15 is 0 Å². The van der Waals surface area contributed by atoms with Crippen molar-refractivity contribution in [3.8, 4) is 0 Å². The van der Waals surface area contributed by atoms with E-state index in [0.717, 1.165) is 18.2 Å². The number of anilines is 1. The molecule has 0 N–H and O–H groups in total. The van der Waals surface area contributed by atoms with E-state index in [1.165, 1.54) is 5.01 Å². The van der Waals surface area contributed by atoms with E-state index in [4.69, 9.17) is 4.74 Å². The second-order valence-corrected chi connectivity index (χ2v) is 8.26. The number of likely N-dealkylation sites (tertiary alicyclic amines) is 1. The molecule has 0 saturated carbocycles. The molecule has 7 nitrogen and oxygen atoms in total. The van der Waals surface area contributed by atoms with Crippen LogP contribution in [-0.2, 0) is 14.3 Å². The van der Waals surface area contributed by atoms with Gasteiger partial charge in [-0.25, -0.2) is 13.6 Å². The van der Waals surface area contributed by atoms with Crippen LogP contribution in [0, 0.1) is 17.6 Å². The lowest BCUT2D eigenvalue weighted by molar-refractivity contribution is -0.135. The maximum absolute atomic E-state index is 14.0. The predicted molar refractivity (Wildman–Crippen MR) is 121 cm³/mol. The third-order valence-corrected chi connectivity index (χ3v) is 6.10. The Kier molecular flexibility index (Phi) is 7.00. The molecule has 0 aromatic heterocycles. The average molecular weight is 469 g/mol. The minimum absolute atomic E-state index is 0.111. The van der Waals surface area contributed by atoms with Crippen LogP contribution in [0.15, 0.2) is 53.6 Å².